The Bertz CT molecular complexity index is 519. The highest BCUT2D eigenvalue weighted by molar-refractivity contribution is 5.76. The normalized spacial score (nSPS) is 24.5. The van der Waals surface area contributed by atoms with Gasteiger partial charge in [0.25, 0.3) is 0 Å². The van der Waals surface area contributed by atoms with Crippen LogP contribution in [0, 0.1) is 5.92 Å². The number of hydrogen-bond acceptors (Lipinski definition) is 2. The molecule has 2 N–H and O–H groups in total. The van der Waals surface area contributed by atoms with Crippen molar-refractivity contribution in [2.24, 2.45) is 5.92 Å². The Morgan fingerprint density at radius 2 is 1.80 bits per heavy atom. The van der Waals surface area contributed by atoms with E-state index in [2.05, 4.69) is 5.32 Å². The Morgan fingerprint density at radius 3 is 2.35 bits per heavy atom. The van der Waals surface area contributed by atoms with E-state index in [0.29, 0.717) is 25.9 Å². The van der Waals surface area contributed by atoms with Crippen LogP contribution in [0.1, 0.15) is 30.4 Å². The second kappa shape index (κ2) is 5.15. The first-order valence-electron chi connectivity index (χ1n) is 6.98. The van der Waals surface area contributed by atoms with Crippen LogP contribution in [-0.4, -0.2) is 28.0 Å². The quantitative estimate of drug-likeness (QED) is 0.866. The van der Waals surface area contributed by atoms with E-state index in [1.807, 2.05) is 24.3 Å². The summed E-state index contributed by atoms with van der Waals surface area (Å²) in [6.07, 6.45) is 1.95. The van der Waals surface area contributed by atoms with Crippen molar-refractivity contribution in [1.29, 1.82) is 0 Å². The minimum atomic E-state index is -0.754. The average molecular weight is 274 g/mol. The number of amides is 2. The van der Waals surface area contributed by atoms with Gasteiger partial charge in [-0.3, -0.25) is 4.79 Å². The van der Waals surface area contributed by atoms with Crippen LogP contribution in [0.15, 0.2) is 24.3 Å². The number of rotatable bonds is 2. The summed E-state index contributed by atoms with van der Waals surface area (Å²) < 4.78 is 0. The SMILES string of the molecule is O=C(O)[C@@H]1CC[C@H](NC(=O)N2Cc3ccccc3C2)C1. The van der Waals surface area contributed by atoms with Crippen LogP contribution in [0.3, 0.4) is 0 Å². The fraction of sp³-hybridized carbons (Fsp3) is 0.467. The van der Waals surface area contributed by atoms with Crippen LogP contribution >= 0.6 is 0 Å². The molecule has 0 spiro atoms. The van der Waals surface area contributed by atoms with Gasteiger partial charge >= 0.3 is 12.0 Å². The number of nitrogens with one attached hydrogen (secondary N) is 1. The number of aliphatic carboxylic acids is 1. The van der Waals surface area contributed by atoms with E-state index in [1.54, 1.807) is 4.90 Å². The van der Waals surface area contributed by atoms with E-state index in [9.17, 15) is 9.59 Å². The van der Waals surface area contributed by atoms with Crippen molar-refractivity contribution in [3.8, 4) is 0 Å². The predicted molar refractivity (Wildman–Crippen MR) is 73.0 cm³/mol. The maximum Gasteiger partial charge on any atom is 0.318 e. The number of urea groups is 1. The number of carbonyl (C=O) groups excluding carboxylic acids is 1. The van der Waals surface area contributed by atoms with Crippen LogP contribution in [0.2, 0.25) is 0 Å². The average Bonchev–Trinajstić information content (AvgIpc) is 3.04. The molecular formula is C15H18N2O3. The van der Waals surface area contributed by atoms with E-state index >= 15 is 0 Å². The highest BCUT2D eigenvalue weighted by atomic mass is 16.4. The summed E-state index contributed by atoms with van der Waals surface area (Å²) in [6.45, 7) is 1.27. The fourth-order valence-electron chi connectivity index (χ4n) is 3.08. The molecule has 20 heavy (non-hydrogen) atoms. The first kappa shape index (κ1) is 13.0. The molecule has 3 rings (SSSR count). The van der Waals surface area contributed by atoms with E-state index in [4.69, 9.17) is 5.11 Å². The van der Waals surface area contributed by atoms with Crippen LogP contribution in [-0.2, 0) is 17.9 Å². The van der Waals surface area contributed by atoms with Crippen molar-refractivity contribution in [2.45, 2.75) is 38.4 Å². The molecule has 0 unspecified atom stereocenters. The minimum absolute atomic E-state index is 0.00712. The highest BCUT2D eigenvalue weighted by Gasteiger charge is 2.32. The highest BCUT2D eigenvalue weighted by Crippen LogP contribution is 2.27. The molecule has 2 amide bonds. The second-order valence-electron chi connectivity index (χ2n) is 5.62. The number of hydrogen-bond donors (Lipinski definition) is 2. The third kappa shape index (κ3) is 2.48. The predicted octanol–water partition coefficient (Wildman–Crippen LogP) is 1.97. The monoisotopic (exact) mass is 274 g/mol. The molecule has 106 valence electrons. The molecule has 1 aromatic carbocycles. The van der Waals surface area contributed by atoms with E-state index < -0.39 is 5.97 Å². The van der Waals surface area contributed by atoms with Crippen molar-refractivity contribution in [3.05, 3.63) is 35.4 Å². The third-order valence-electron chi connectivity index (χ3n) is 4.24. The molecule has 2 atom stereocenters. The van der Waals surface area contributed by atoms with Crippen molar-refractivity contribution in [1.82, 2.24) is 10.2 Å². The Kier molecular flexibility index (Phi) is 3.34. The van der Waals surface area contributed by atoms with Gasteiger partial charge in [0.1, 0.15) is 0 Å². The van der Waals surface area contributed by atoms with Gasteiger partial charge in [-0.2, -0.15) is 0 Å². The van der Waals surface area contributed by atoms with Gasteiger partial charge in [0.15, 0.2) is 0 Å². The summed E-state index contributed by atoms with van der Waals surface area (Å²) in [5.41, 5.74) is 2.38. The molecule has 1 saturated carbocycles. The topological polar surface area (TPSA) is 69.6 Å². The number of fused-ring (bicyclic) bond motifs is 1. The zero-order chi connectivity index (χ0) is 14.1. The van der Waals surface area contributed by atoms with Crippen LogP contribution < -0.4 is 5.32 Å². The Hall–Kier alpha value is -2.04. The second-order valence-corrected chi connectivity index (χ2v) is 5.62. The van der Waals surface area contributed by atoms with Gasteiger partial charge in [-0.1, -0.05) is 24.3 Å². The summed E-state index contributed by atoms with van der Waals surface area (Å²) in [5.74, 6) is -1.06. The lowest BCUT2D eigenvalue weighted by molar-refractivity contribution is -0.141. The van der Waals surface area contributed by atoms with Crippen LogP contribution in [0.4, 0.5) is 4.79 Å². The van der Waals surface area contributed by atoms with Gasteiger partial charge in [0.05, 0.1) is 5.92 Å². The Labute approximate surface area is 117 Å². The maximum atomic E-state index is 12.2. The molecule has 0 saturated heterocycles. The number of benzene rings is 1. The van der Waals surface area contributed by atoms with Gasteiger partial charge in [0, 0.05) is 19.1 Å². The lowest BCUT2D eigenvalue weighted by atomic mass is 10.1. The van der Waals surface area contributed by atoms with E-state index in [-0.39, 0.29) is 18.0 Å². The largest absolute Gasteiger partial charge is 0.481 e. The molecule has 1 aliphatic carbocycles. The molecule has 1 aromatic rings. The molecule has 1 heterocycles. The van der Waals surface area contributed by atoms with Crippen LogP contribution in [0.25, 0.3) is 0 Å². The summed E-state index contributed by atoms with van der Waals surface area (Å²) >= 11 is 0. The summed E-state index contributed by atoms with van der Waals surface area (Å²) in [6, 6.07) is 7.95. The lowest BCUT2D eigenvalue weighted by Gasteiger charge is -2.20. The number of nitrogens with zero attached hydrogens (tertiary/aromatic N) is 1. The smallest absolute Gasteiger partial charge is 0.318 e. The van der Waals surface area contributed by atoms with Gasteiger partial charge < -0.3 is 15.3 Å². The molecule has 5 heteroatoms. The van der Waals surface area contributed by atoms with Gasteiger partial charge in [0.2, 0.25) is 0 Å². The van der Waals surface area contributed by atoms with Crippen molar-refractivity contribution in [3.63, 3.8) is 0 Å². The Balaban J connectivity index is 1.56. The third-order valence-corrected chi connectivity index (χ3v) is 4.24. The molecule has 1 aliphatic heterocycles. The standard InChI is InChI=1S/C15H18N2O3/c18-14(19)10-5-6-13(7-10)16-15(20)17-8-11-3-1-2-4-12(11)9-17/h1-4,10,13H,5-9H2,(H,16,20)(H,18,19)/t10-,13+/m1/s1. The fourth-order valence-corrected chi connectivity index (χ4v) is 3.08. The molecule has 1 fully saturated rings. The van der Waals surface area contributed by atoms with Gasteiger partial charge in [-0.25, -0.2) is 4.79 Å². The number of carboxylic acids is 1. The Morgan fingerprint density at radius 1 is 1.15 bits per heavy atom. The van der Waals surface area contributed by atoms with E-state index in [0.717, 1.165) is 6.42 Å². The minimum Gasteiger partial charge on any atom is -0.481 e. The maximum absolute atomic E-state index is 12.2. The van der Waals surface area contributed by atoms with Crippen molar-refractivity contribution in [2.75, 3.05) is 0 Å². The summed E-state index contributed by atoms with van der Waals surface area (Å²) in [7, 11) is 0. The molecule has 0 radical (unpaired) electrons. The number of carboxylic acid groups (broad SMARTS) is 1. The molecule has 0 bridgehead atoms. The number of carbonyl (C=O) groups is 2. The first-order chi connectivity index (χ1) is 9.63. The molecule has 2 aliphatic rings. The summed E-state index contributed by atoms with van der Waals surface area (Å²) in [4.78, 5) is 24.9. The molecule has 5 nitrogen and oxygen atoms in total. The van der Waals surface area contributed by atoms with Gasteiger partial charge in [-0.15, -0.1) is 0 Å². The summed E-state index contributed by atoms with van der Waals surface area (Å²) in [5, 5.41) is 11.9. The zero-order valence-electron chi connectivity index (χ0n) is 11.2. The van der Waals surface area contributed by atoms with Crippen molar-refractivity contribution < 1.29 is 14.7 Å². The van der Waals surface area contributed by atoms with E-state index in [1.165, 1.54) is 11.1 Å². The molecule has 0 aromatic heterocycles. The first-order valence-corrected chi connectivity index (χ1v) is 6.98. The zero-order valence-corrected chi connectivity index (χ0v) is 11.2. The lowest BCUT2D eigenvalue weighted by Crippen LogP contribution is -2.41. The van der Waals surface area contributed by atoms with Crippen LogP contribution in [0.5, 0.6) is 0 Å². The van der Waals surface area contributed by atoms with Gasteiger partial charge in [-0.05, 0) is 30.4 Å². The van der Waals surface area contributed by atoms with Crippen molar-refractivity contribution >= 4 is 12.0 Å². The molecular weight excluding hydrogens is 256 g/mol.